The molecule has 2 aromatic carbocycles. The van der Waals surface area contributed by atoms with E-state index in [0.717, 1.165) is 43.7 Å². The van der Waals surface area contributed by atoms with Crippen LogP contribution in [0, 0.1) is 6.92 Å². The Morgan fingerprint density at radius 2 is 1.89 bits per heavy atom. The van der Waals surface area contributed by atoms with Gasteiger partial charge in [-0.05, 0) is 74.7 Å². The van der Waals surface area contributed by atoms with Gasteiger partial charge in [-0.15, -0.1) is 0 Å². The van der Waals surface area contributed by atoms with Gasteiger partial charge in [-0.25, -0.2) is 0 Å². The lowest BCUT2D eigenvalue weighted by molar-refractivity contribution is -0.130. The number of amides is 1. The maximum atomic E-state index is 13.3. The van der Waals surface area contributed by atoms with Crippen molar-refractivity contribution in [1.82, 2.24) is 15.2 Å². The van der Waals surface area contributed by atoms with Crippen LogP contribution in [0.25, 0.3) is 21.9 Å². The van der Waals surface area contributed by atoms with Crippen molar-refractivity contribution in [1.29, 1.82) is 0 Å². The summed E-state index contributed by atoms with van der Waals surface area (Å²) in [6.07, 6.45) is 4.90. The van der Waals surface area contributed by atoms with Gasteiger partial charge in [0, 0.05) is 37.8 Å². The number of pyridine rings is 1. The van der Waals surface area contributed by atoms with E-state index in [4.69, 9.17) is 13.9 Å². The molecule has 1 aliphatic heterocycles. The van der Waals surface area contributed by atoms with Crippen LogP contribution in [0.3, 0.4) is 0 Å². The van der Waals surface area contributed by atoms with E-state index in [-0.39, 0.29) is 11.3 Å². The third kappa shape index (κ3) is 5.81. The number of likely N-dealkylation sites (tertiary alicyclic amines) is 1. The summed E-state index contributed by atoms with van der Waals surface area (Å²) >= 11 is 0. The molecule has 0 bridgehead atoms. The monoisotopic (exact) mass is 515 g/mol. The van der Waals surface area contributed by atoms with E-state index in [1.54, 1.807) is 24.4 Å². The molecule has 0 spiro atoms. The Morgan fingerprint density at radius 1 is 1.08 bits per heavy atom. The van der Waals surface area contributed by atoms with Crippen LogP contribution in [0.1, 0.15) is 37.4 Å². The summed E-state index contributed by atoms with van der Waals surface area (Å²) in [5.41, 5.74) is 2.51. The van der Waals surface area contributed by atoms with E-state index in [9.17, 15) is 9.59 Å². The second-order valence-electron chi connectivity index (χ2n) is 9.61. The Bertz CT molecular complexity index is 1490. The zero-order valence-corrected chi connectivity index (χ0v) is 21.9. The maximum absolute atomic E-state index is 13.3. The number of hydrogen-bond acceptors (Lipinski definition) is 7. The first-order valence-corrected chi connectivity index (χ1v) is 13.3. The fourth-order valence-corrected chi connectivity index (χ4v) is 4.74. The fourth-order valence-electron chi connectivity index (χ4n) is 4.74. The van der Waals surface area contributed by atoms with Gasteiger partial charge in [0.15, 0.2) is 11.3 Å². The number of carbonyl (C=O) groups is 1. The second-order valence-corrected chi connectivity index (χ2v) is 9.61. The molecule has 8 heteroatoms. The number of nitrogens with zero attached hydrogens (tertiary/aromatic N) is 2. The van der Waals surface area contributed by atoms with Crippen molar-refractivity contribution in [2.24, 2.45) is 0 Å². The van der Waals surface area contributed by atoms with Crippen molar-refractivity contribution in [2.75, 3.05) is 32.8 Å². The molecule has 38 heavy (non-hydrogen) atoms. The fraction of sp³-hybridized carbons (Fsp3) is 0.367. The average molecular weight is 516 g/mol. The summed E-state index contributed by atoms with van der Waals surface area (Å²) in [7, 11) is 0. The van der Waals surface area contributed by atoms with E-state index in [1.165, 1.54) is 0 Å². The minimum atomic E-state index is -0.109. The van der Waals surface area contributed by atoms with Crippen LogP contribution in [0.5, 0.6) is 17.2 Å². The summed E-state index contributed by atoms with van der Waals surface area (Å²) in [6, 6.07) is 12.6. The minimum Gasteiger partial charge on any atom is -0.488 e. The highest BCUT2D eigenvalue weighted by molar-refractivity contribution is 5.93. The molecule has 0 saturated carbocycles. The number of benzene rings is 2. The molecule has 1 aliphatic rings. The van der Waals surface area contributed by atoms with Gasteiger partial charge in [-0.2, -0.15) is 0 Å². The predicted molar refractivity (Wildman–Crippen MR) is 147 cm³/mol. The average Bonchev–Trinajstić information content (AvgIpc) is 3.46. The molecule has 1 amide bonds. The summed E-state index contributed by atoms with van der Waals surface area (Å²) in [5.74, 6) is 1.83. The molecule has 1 saturated heterocycles. The SMILES string of the molecule is CCNCCOc1cc(C)cc2c(=O)c3ccc(Oc4ccc(CCC(=O)N5CCCC5)nc4)cc3oc12. The normalized spacial score (nSPS) is 13.4. The molecule has 8 nitrogen and oxygen atoms in total. The van der Waals surface area contributed by atoms with E-state index in [2.05, 4.69) is 10.3 Å². The summed E-state index contributed by atoms with van der Waals surface area (Å²) in [4.78, 5) is 31.9. The molecule has 0 radical (unpaired) electrons. The molecular formula is C30H33N3O5. The van der Waals surface area contributed by atoms with E-state index >= 15 is 0 Å². The number of fused-ring (bicyclic) bond motifs is 2. The summed E-state index contributed by atoms with van der Waals surface area (Å²) in [6.45, 7) is 7.72. The minimum absolute atomic E-state index is 0.109. The van der Waals surface area contributed by atoms with Crippen molar-refractivity contribution in [3.05, 3.63) is 70.1 Å². The first kappa shape index (κ1) is 25.7. The topological polar surface area (TPSA) is 93.9 Å². The van der Waals surface area contributed by atoms with Crippen LogP contribution in [-0.4, -0.2) is 48.6 Å². The van der Waals surface area contributed by atoms with Crippen LogP contribution in [0.2, 0.25) is 0 Å². The standard InChI is InChI=1S/C30H33N3O5/c1-3-31-12-15-36-27-17-20(2)16-25-29(35)24-10-9-22(18-26(24)38-30(25)27)37-23-8-6-21(32-19-23)7-11-28(34)33-13-4-5-14-33/h6,8-10,16-19,31H,3-5,7,11-15H2,1-2H3. The number of rotatable bonds is 10. The molecule has 5 rings (SSSR count). The summed E-state index contributed by atoms with van der Waals surface area (Å²) < 4.78 is 18.1. The molecule has 0 atom stereocenters. The summed E-state index contributed by atoms with van der Waals surface area (Å²) in [5, 5.41) is 4.19. The van der Waals surface area contributed by atoms with Crippen LogP contribution in [0.15, 0.2) is 57.9 Å². The molecule has 0 aliphatic carbocycles. The Morgan fingerprint density at radius 3 is 2.66 bits per heavy atom. The Balaban J connectivity index is 1.33. The molecule has 2 aromatic heterocycles. The number of carbonyl (C=O) groups excluding carboxylic acids is 1. The Labute approximate surface area is 221 Å². The van der Waals surface area contributed by atoms with Gasteiger partial charge < -0.3 is 24.1 Å². The molecule has 4 aromatic rings. The lowest BCUT2D eigenvalue weighted by Crippen LogP contribution is -2.27. The number of nitrogens with one attached hydrogen (secondary N) is 1. The molecule has 3 heterocycles. The Kier molecular flexibility index (Phi) is 7.89. The van der Waals surface area contributed by atoms with Crippen molar-refractivity contribution in [2.45, 2.75) is 39.5 Å². The van der Waals surface area contributed by atoms with Crippen molar-refractivity contribution in [3.8, 4) is 17.2 Å². The Hall–Kier alpha value is -3.91. The van der Waals surface area contributed by atoms with Gasteiger partial charge in [0.1, 0.15) is 23.7 Å². The largest absolute Gasteiger partial charge is 0.488 e. The van der Waals surface area contributed by atoms with E-state index < -0.39 is 0 Å². The van der Waals surface area contributed by atoms with Crippen molar-refractivity contribution < 1.29 is 18.7 Å². The van der Waals surface area contributed by atoms with Gasteiger partial charge in [-0.1, -0.05) is 6.92 Å². The molecule has 198 valence electrons. The zero-order valence-electron chi connectivity index (χ0n) is 21.9. The third-order valence-electron chi connectivity index (χ3n) is 6.73. The highest BCUT2D eigenvalue weighted by Gasteiger charge is 2.18. The first-order chi connectivity index (χ1) is 18.5. The van der Waals surface area contributed by atoms with Gasteiger partial charge in [0.25, 0.3) is 0 Å². The third-order valence-corrected chi connectivity index (χ3v) is 6.73. The number of likely N-dealkylation sites (N-methyl/N-ethyl adjacent to an activating group) is 1. The number of ether oxygens (including phenoxy) is 2. The van der Waals surface area contributed by atoms with Crippen molar-refractivity contribution >= 4 is 27.8 Å². The number of aromatic nitrogens is 1. The molecule has 1 fully saturated rings. The molecule has 0 unspecified atom stereocenters. The van der Waals surface area contributed by atoms with Crippen LogP contribution in [0.4, 0.5) is 0 Å². The molecular weight excluding hydrogens is 482 g/mol. The first-order valence-electron chi connectivity index (χ1n) is 13.3. The van der Waals surface area contributed by atoms with E-state index in [1.807, 2.05) is 43.0 Å². The van der Waals surface area contributed by atoms with Gasteiger partial charge in [0.2, 0.25) is 11.3 Å². The van der Waals surface area contributed by atoms with Crippen LogP contribution >= 0.6 is 0 Å². The smallest absolute Gasteiger partial charge is 0.222 e. The number of aryl methyl sites for hydroxylation is 2. The van der Waals surface area contributed by atoms with Crippen molar-refractivity contribution in [3.63, 3.8) is 0 Å². The predicted octanol–water partition coefficient (Wildman–Crippen LogP) is 4.99. The highest BCUT2D eigenvalue weighted by atomic mass is 16.5. The lowest BCUT2D eigenvalue weighted by atomic mass is 10.1. The molecule has 1 N–H and O–H groups in total. The lowest BCUT2D eigenvalue weighted by Gasteiger charge is -2.14. The zero-order chi connectivity index (χ0) is 26.5. The quantitative estimate of drug-likeness (QED) is 0.235. The number of hydrogen-bond donors (Lipinski definition) is 1. The second kappa shape index (κ2) is 11.6. The maximum Gasteiger partial charge on any atom is 0.222 e. The van der Waals surface area contributed by atoms with Gasteiger partial charge in [0.05, 0.1) is 17.0 Å². The van der Waals surface area contributed by atoms with Gasteiger partial charge in [-0.3, -0.25) is 14.6 Å². The van der Waals surface area contributed by atoms with Gasteiger partial charge >= 0.3 is 0 Å². The van der Waals surface area contributed by atoms with Crippen LogP contribution < -0.4 is 20.2 Å². The van der Waals surface area contributed by atoms with Crippen LogP contribution in [-0.2, 0) is 11.2 Å². The highest BCUT2D eigenvalue weighted by Crippen LogP contribution is 2.31. The van der Waals surface area contributed by atoms with E-state index in [0.29, 0.717) is 65.2 Å².